The van der Waals surface area contributed by atoms with E-state index >= 15 is 0 Å². The summed E-state index contributed by atoms with van der Waals surface area (Å²) in [7, 11) is 1.43. The van der Waals surface area contributed by atoms with Crippen molar-refractivity contribution in [3.63, 3.8) is 0 Å². The van der Waals surface area contributed by atoms with Crippen molar-refractivity contribution >= 4 is 11.9 Å². The van der Waals surface area contributed by atoms with Gasteiger partial charge in [-0.15, -0.1) is 0 Å². The molecule has 0 aromatic heterocycles. The molecule has 0 radical (unpaired) electrons. The predicted octanol–water partition coefficient (Wildman–Crippen LogP) is 1.51. The third-order valence-corrected chi connectivity index (χ3v) is 4.61. The SMILES string of the molecule is CCOCCCC(=O)N[C@@H]1[C@H]2CC[C@@H](C2)[C@@H]1C(=O)OC. The first-order valence-corrected chi connectivity index (χ1v) is 7.62. The minimum atomic E-state index is -0.170. The maximum atomic E-state index is 12.0. The molecule has 2 aliphatic carbocycles. The van der Waals surface area contributed by atoms with Crippen molar-refractivity contribution < 1.29 is 19.1 Å². The standard InChI is InChI=1S/C15H25NO4/c1-3-20-8-4-5-12(17)16-14-11-7-6-10(9-11)13(14)15(18)19-2/h10-11,13-14H,3-9H2,1-2H3,(H,16,17)/t10-,11-,13-,14+/m0/s1. The summed E-state index contributed by atoms with van der Waals surface area (Å²) < 4.78 is 10.1. The molecular formula is C15H25NO4. The predicted molar refractivity (Wildman–Crippen MR) is 74.0 cm³/mol. The Bertz CT molecular complexity index is 358. The normalized spacial score (nSPS) is 31.3. The molecular weight excluding hydrogens is 258 g/mol. The van der Waals surface area contributed by atoms with Crippen LogP contribution in [0.15, 0.2) is 0 Å². The Morgan fingerprint density at radius 1 is 1.25 bits per heavy atom. The van der Waals surface area contributed by atoms with Gasteiger partial charge in [0.15, 0.2) is 0 Å². The number of nitrogens with one attached hydrogen (secondary N) is 1. The summed E-state index contributed by atoms with van der Waals surface area (Å²) in [6.07, 6.45) is 4.43. The lowest BCUT2D eigenvalue weighted by atomic mass is 9.84. The number of methoxy groups -OCH3 is 1. The van der Waals surface area contributed by atoms with Crippen molar-refractivity contribution in [3.05, 3.63) is 0 Å². The number of carbonyl (C=O) groups is 2. The molecule has 2 rings (SSSR count). The van der Waals surface area contributed by atoms with Gasteiger partial charge >= 0.3 is 5.97 Å². The third-order valence-electron chi connectivity index (χ3n) is 4.61. The van der Waals surface area contributed by atoms with E-state index in [0.29, 0.717) is 31.5 Å². The van der Waals surface area contributed by atoms with E-state index in [1.807, 2.05) is 6.92 Å². The summed E-state index contributed by atoms with van der Waals surface area (Å²) in [5.74, 6) is 0.545. The maximum Gasteiger partial charge on any atom is 0.311 e. The fourth-order valence-corrected chi connectivity index (χ4v) is 3.71. The number of esters is 1. The van der Waals surface area contributed by atoms with Crippen LogP contribution in [0.1, 0.15) is 39.0 Å². The van der Waals surface area contributed by atoms with E-state index < -0.39 is 0 Å². The number of rotatable bonds is 7. The molecule has 2 fully saturated rings. The van der Waals surface area contributed by atoms with Gasteiger partial charge in [-0.05, 0) is 44.4 Å². The Morgan fingerprint density at radius 3 is 2.70 bits per heavy atom. The number of carbonyl (C=O) groups excluding carboxylic acids is 2. The molecule has 0 spiro atoms. The highest BCUT2D eigenvalue weighted by Gasteiger charge is 2.51. The van der Waals surface area contributed by atoms with Crippen LogP contribution < -0.4 is 5.32 Å². The second-order valence-corrected chi connectivity index (χ2v) is 5.78. The van der Waals surface area contributed by atoms with E-state index in [-0.39, 0.29) is 23.8 Å². The molecule has 2 bridgehead atoms. The van der Waals surface area contributed by atoms with Crippen molar-refractivity contribution in [2.45, 2.75) is 45.1 Å². The van der Waals surface area contributed by atoms with Crippen LogP contribution in [0.3, 0.4) is 0 Å². The molecule has 0 unspecified atom stereocenters. The zero-order chi connectivity index (χ0) is 14.5. The van der Waals surface area contributed by atoms with Crippen molar-refractivity contribution in [2.24, 2.45) is 17.8 Å². The number of fused-ring (bicyclic) bond motifs is 2. The molecule has 1 N–H and O–H groups in total. The van der Waals surface area contributed by atoms with Crippen molar-refractivity contribution in [1.82, 2.24) is 5.32 Å². The van der Waals surface area contributed by atoms with E-state index in [1.165, 1.54) is 7.11 Å². The fraction of sp³-hybridized carbons (Fsp3) is 0.867. The molecule has 0 aliphatic heterocycles. The number of hydrogen-bond donors (Lipinski definition) is 1. The summed E-state index contributed by atoms with van der Waals surface area (Å²) in [4.78, 5) is 23.9. The van der Waals surface area contributed by atoms with Gasteiger partial charge in [0.25, 0.3) is 0 Å². The molecule has 4 atom stereocenters. The first kappa shape index (κ1) is 15.3. The molecule has 20 heavy (non-hydrogen) atoms. The zero-order valence-electron chi connectivity index (χ0n) is 12.4. The van der Waals surface area contributed by atoms with Crippen LogP contribution in [0.2, 0.25) is 0 Å². The molecule has 114 valence electrons. The van der Waals surface area contributed by atoms with Gasteiger partial charge in [-0.3, -0.25) is 9.59 Å². The highest BCUT2D eigenvalue weighted by molar-refractivity contribution is 5.79. The third kappa shape index (κ3) is 3.32. The van der Waals surface area contributed by atoms with E-state index in [1.54, 1.807) is 0 Å². The highest BCUT2D eigenvalue weighted by Crippen LogP contribution is 2.48. The molecule has 5 nitrogen and oxygen atoms in total. The second kappa shape index (κ2) is 7.07. The Labute approximate surface area is 120 Å². The monoisotopic (exact) mass is 283 g/mol. The van der Waals surface area contributed by atoms with Crippen molar-refractivity contribution in [2.75, 3.05) is 20.3 Å². The van der Waals surface area contributed by atoms with Gasteiger partial charge in [0.1, 0.15) is 0 Å². The summed E-state index contributed by atoms with van der Waals surface area (Å²) >= 11 is 0. The van der Waals surface area contributed by atoms with Crippen molar-refractivity contribution in [1.29, 1.82) is 0 Å². The molecule has 0 heterocycles. The van der Waals surface area contributed by atoms with Crippen LogP contribution in [-0.4, -0.2) is 38.2 Å². The Balaban J connectivity index is 1.84. The largest absolute Gasteiger partial charge is 0.469 e. The molecule has 2 aliphatic rings. The van der Waals surface area contributed by atoms with Gasteiger partial charge in [0, 0.05) is 25.7 Å². The number of ether oxygens (including phenoxy) is 2. The molecule has 5 heteroatoms. The first-order chi connectivity index (χ1) is 9.67. The van der Waals surface area contributed by atoms with Crippen LogP contribution in [0.25, 0.3) is 0 Å². The van der Waals surface area contributed by atoms with Gasteiger partial charge in [0.2, 0.25) is 5.91 Å². The van der Waals surface area contributed by atoms with Gasteiger partial charge < -0.3 is 14.8 Å². The average molecular weight is 283 g/mol. The van der Waals surface area contributed by atoms with E-state index in [2.05, 4.69) is 5.32 Å². The van der Waals surface area contributed by atoms with Crippen LogP contribution in [0, 0.1) is 17.8 Å². The molecule has 2 saturated carbocycles. The lowest BCUT2D eigenvalue weighted by Crippen LogP contribution is -2.47. The molecule has 0 saturated heterocycles. The van der Waals surface area contributed by atoms with E-state index in [0.717, 1.165) is 25.7 Å². The molecule has 0 aromatic rings. The highest BCUT2D eigenvalue weighted by atomic mass is 16.5. The topological polar surface area (TPSA) is 64.6 Å². The van der Waals surface area contributed by atoms with Crippen LogP contribution >= 0.6 is 0 Å². The fourth-order valence-electron chi connectivity index (χ4n) is 3.71. The number of hydrogen-bond acceptors (Lipinski definition) is 4. The lowest BCUT2D eigenvalue weighted by molar-refractivity contribution is -0.148. The van der Waals surface area contributed by atoms with Gasteiger partial charge in [0.05, 0.1) is 13.0 Å². The summed E-state index contributed by atoms with van der Waals surface area (Å²) in [6.45, 7) is 3.23. The molecule has 0 aromatic carbocycles. The minimum Gasteiger partial charge on any atom is -0.469 e. The summed E-state index contributed by atoms with van der Waals surface area (Å²) in [5, 5.41) is 3.06. The van der Waals surface area contributed by atoms with Crippen molar-refractivity contribution in [3.8, 4) is 0 Å². The van der Waals surface area contributed by atoms with Gasteiger partial charge in [-0.1, -0.05) is 0 Å². The van der Waals surface area contributed by atoms with Crippen LogP contribution in [-0.2, 0) is 19.1 Å². The average Bonchev–Trinajstić information content (AvgIpc) is 3.04. The summed E-state index contributed by atoms with van der Waals surface area (Å²) in [6, 6.07) is -0.0270. The van der Waals surface area contributed by atoms with Crippen LogP contribution in [0.5, 0.6) is 0 Å². The first-order valence-electron chi connectivity index (χ1n) is 7.62. The van der Waals surface area contributed by atoms with Gasteiger partial charge in [-0.2, -0.15) is 0 Å². The Hall–Kier alpha value is -1.10. The van der Waals surface area contributed by atoms with Crippen LogP contribution in [0.4, 0.5) is 0 Å². The Kier molecular flexibility index (Phi) is 5.40. The zero-order valence-corrected chi connectivity index (χ0v) is 12.4. The Morgan fingerprint density at radius 2 is 2.00 bits per heavy atom. The molecule has 1 amide bonds. The lowest BCUT2D eigenvalue weighted by Gasteiger charge is -2.29. The van der Waals surface area contributed by atoms with E-state index in [4.69, 9.17) is 9.47 Å². The smallest absolute Gasteiger partial charge is 0.311 e. The summed E-state index contributed by atoms with van der Waals surface area (Å²) in [5.41, 5.74) is 0. The number of amides is 1. The maximum absolute atomic E-state index is 12.0. The minimum absolute atomic E-state index is 0.0242. The van der Waals surface area contributed by atoms with E-state index in [9.17, 15) is 9.59 Å². The quantitative estimate of drug-likeness (QED) is 0.568. The second-order valence-electron chi connectivity index (χ2n) is 5.78. The van der Waals surface area contributed by atoms with Gasteiger partial charge in [-0.25, -0.2) is 0 Å².